The van der Waals surface area contributed by atoms with Gasteiger partial charge in [-0.05, 0) is 24.5 Å². The monoisotopic (exact) mass is 320 g/mol. The molecule has 0 fully saturated rings. The van der Waals surface area contributed by atoms with Crippen LogP contribution in [0.2, 0.25) is 0 Å². The van der Waals surface area contributed by atoms with E-state index in [1.807, 2.05) is 29.7 Å². The maximum Gasteiger partial charge on any atom is 0.425 e. The van der Waals surface area contributed by atoms with E-state index >= 15 is 0 Å². The number of hydrogen-bond donors (Lipinski definition) is 3. The number of ether oxygens (including phenoxy) is 1. The molecule has 0 atom stereocenters. The van der Waals surface area contributed by atoms with Crippen molar-refractivity contribution in [3.8, 4) is 0 Å². The topological polar surface area (TPSA) is 99.8 Å². The quantitative estimate of drug-likeness (QED) is 0.721. The van der Waals surface area contributed by atoms with Gasteiger partial charge in [0.2, 0.25) is 5.91 Å². The molecule has 1 aromatic carbocycles. The van der Waals surface area contributed by atoms with Gasteiger partial charge in [0.05, 0.1) is 7.11 Å². The average molecular weight is 320 g/mol. The van der Waals surface area contributed by atoms with Gasteiger partial charge in [0.1, 0.15) is 0 Å². The summed E-state index contributed by atoms with van der Waals surface area (Å²) in [5.74, 6) is -0.0432. The zero-order valence-corrected chi connectivity index (χ0v) is 12.9. The van der Waals surface area contributed by atoms with E-state index in [4.69, 9.17) is 0 Å². The number of urea groups is 1. The number of benzene rings is 1. The largest absolute Gasteiger partial charge is 0.452 e. The van der Waals surface area contributed by atoms with Crippen molar-refractivity contribution in [3.05, 3.63) is 29.8 Å². The van der Waals surface area contributed by atoms with Crippen LogP contribution in [0.4, 0.5) is 15.3 Å². The maximum absolute atomic E-state index is 12.3. The summed E-state index contributed by atoms with van der Waals surface area (Å²) in [6, 6.07) is 7.23. The molecule has 0 aliphatic carbocycles. The Morgan fingerprint density at radius 2 is 2.00 bits per heavy atom. The van der Waals surface area contributed by atoms with Crippen molar-refractivity contribution in [2.75, 3.05) is 25.1 Å². The summed E-state index contributed by atoms with van der Waals surface area (Å²) in [7, 11) is 1.18. The lowest BCUT2D eigenvalue weighted by atomic mass is 10.0. The molecule has 3 N–H and O–H groups in total. The third kappa shape index (κ3) is 4.60. The fourth-order valence-corrected chi connectivity index (χ4v) is 2.41. The molecule has 1 heterocycles. The predicted octanol–water partition coefficient (Wildman–Crippen LogP) is 0.926. The Balaban J connectivity index is 1.78. The third-order valence-corrected chi connectivity index (χ3v) is 3.50. The van der Waals surface area contributed by atoms with E-state index in [-0.39, 0.29) is 18.9 Å². The molecule has 0 saturated heterocycles. The first-order valence-electron chi connectivity index (χ1n) is 7.38. The van der Waals surface area contributed by atoms with Crippen LogP contribution in [-0.2, 0) is 16.0 Å². The zero-order valence-electron chi connectivity index (χ0n) is 12.9. The van der Waals surface area contributed by atoms with Gasteiger partial charge in [0.15, 0.2) is 0 Å². The first kappa shape index (κ1) is 16.6. The Bertz CT molecular complexity index is 591. The summed E-state index contributed by atoms with van der Waals surface area (Å²) in [5, 5.41) is 2.49. The Morgan fingerprint density at radius 3 is 2.78 bits per heavy atom. The number of fused-ring (bicyclic) bond motifs is 1. The van der Waals surface area contributed by atoms with Crippen LogP contribution in [0.5, 0.6) is 0 Å². The van der Waals surface area contributed by atoms with E-state index < -0.39 is 12.1 Å². The first-order chi connectivity index (χ1) is 11.1. The van der Waals surface area contributed by atoms with Gasteiger partial charge in [0.25, 0.3) is 0 Å². The molecule has 1 aliphatic heterocycles. The Kier molecular flexibility index (Phi) is 5.79. The summed E-state index contributed by atoms with van der Waals surface area (Å²) >= 11 is 0. The van der Waals surface area contributed by atoms with Crippen molar-refractivity contribution in [1.82, 2.24) is 16.2 Å². The number of nitrogens with one attached hydrogen (secondary N) is 3. The second-order valence-corrected chi connectivity index (χ2v) is 5.03. The van der Waals surface area contributed by atoms with Crippen LogP contribution < -0.4 is 21.1 Å². The van der Waals surface area contributed by atoms with Crippen molar-refractivity contribution in [1.29, 1.82) is 0 Å². The number of rotatable bonds is 3. The van der Waals surface area contributed by atoms with Gasteiger partial charge < -0.3 is 15.0 Å². The Hall–Kier alpha value is -2.77. The number of carbonyl (C=O) groups is 3. The summed E-state index contributed by atoms with van der Waals surface area (Å²) in [6.45, 7) is 0.859. The highest BCUT2D eigenvalue weighted by Crippen LogP contribution is 2.26. The molecule has 23 heavy (non-hydrogen) atoms. The number of anilines is 1. The number of methoxy groups -OCH3 is 1. The van der Waals surface area contributed by atoms with Crippen LogP contribution in [0, 0.1) is 0 Å². The van der Waals surface area contributed by atoms with Gasteiger partial charge in [-0.3, -0.25) is 4.79 Å². The highest BCUT2D eigenvalue weighted by molar-refractivity contribution is 5.94. The molecule has 0 spiro atoms. The smallest absolute Gasteiger partial charge is 0.425 e. The van der Waals surface area contributed by atoms with Gasteiger partial charge in [-0.2, -0.15) is 0 Å². The highest BCUT2D eigenvalue weighted by atomic mass is 16.5. The minimum atomic E-state index is -0.777. The number of aryl methyl sites for hydroxylation is 1. The van der Waals surface area contributed by atoms with Crippen LogP contribution in [0.25, 0.3) is 0 Å². The molecule has 0 bridgehead atoms. The molecule has 1 aromatic rings. The lowest BCUT2D eigenvalue weighted by molar-refractivity contribution is -0.118. The Morgan fingerprint density at radius 1 is 1.22 bits per heavy atom. The second kappa shape index (κ2) is 8.02. The van der Waals surface area contributed by atoms with E-state index in [2.05, 4.69) is 15.5 Å². The second-order valence-electron chi connectivity index (χ2n) is 5.03. The zero-order chi connectivity index (χ0) is 16.7. The van der Waals surface area contributed by atoms with Crippen molar-refractivity contribution in [2.24, 2.45) is 0 Å². The van der Waals surface area contributed by atoms with Gasteiger partial charge in [-0.25, -0.2) is 20.4 Å². The average Bonchev–Trinajstić information content (AvgIpc) is 2.59. The van der Waals surface area contributed by atoms with Crippen molar-refractivity contribution < 1.29 is 19.1 Å². The third-order valence-electron chi connectivity index (χ3n) is 3.50. The minimum absolute atomic E-state index is 0.0432. The number of nitrogens with zero attached hydrogens (tertiary/aromatic N) is 1. The summed E-state index contributed by atoms with van der Waals surface area (Å²) < 4.78 is 4.30. The first-order valence-corrected chi connectivity index (χ1v) is 7.38. The van der Waals surface area contributed by atoms with E-state index in [0.717, 1.165) is 18.5 Å². The standard InChI is InChI=1S/C15H20N4O4/c1-23-15(22)18-17-14(21)16-9-8-13(20)19-10-4-6-11-5-2-3-7-12(11)19/h2-3,5,7H,4,6,8-10H2,1H3,(H,18,22)(H2,16,17,21). The fraction of sp³-hybridized carbons (Fsp3) is 0.400. The lowest BCUT2D eigenvalue weighted by Crippen LogP contribution is -2.47. The van der Waals surface area contributed by atoms with Gasteiger partial charge in [-0.15, -0.1) is 0 Å². The lowest BCUT2D eigenvalue weighted by Gasteiger charge is -2.29. The van der Waals surface area contributed by atoms with E-state index in [1.165, 1.54) is 12.7 Å². The summed E-state index contributed by atoms with van der Waals surface area (Å²) in [5.41, 5.74) is 6.24. The highest BCUT2D eigenvalue weighted by Gasteiger charge is 2.21. The molecule has 124 valence electrons. The molecule has 0 radical (unpaired) electrons. The van der Waals surface area contributed by atoms with Crippen LogP contribution in [-0.4, -0.2) is 38.2 Å². The van der Waals surface area contributed by atoms with Crippen molar-refractivity contribution >= 4 is 23.7 Å². The van der Waals surface area contributed by atoms with E-state index in [9.17, 15) is 14.4 Å². The van der Waals surface area contributed by atoms with Crippen molar-refractivity contribution in [2.45, 2.75) is 19.3 Å². The number of carbonyl (C=O) groups excluding carboxylic acids is 3. The molecule has 2 rings (SSSR count). The van der Waals surface area contributed by atoms with Crippen LogP contribution in [0.1, 0.15) is 18.4 Å². The van der Waals surface area contributed by atoms with Crippen molar-refractivity contribution in [3.63, 3.8) is 0 Å². The maximum atomic E-state index is 12.3. The minimum Gasteiger partial charge on any atom is -0.452 e. The number of amides is 4. The normalized spacial score (nSPS) is 12.8. The van der Waals surface area contributed by atoms with Crippen LogP contribution in [0.15, 0.2) is 24.3 Å². The molecule has 8 heteroatoms. The molecular weight excluding hydrogens is 300 g/mol. The summed E-state index contributed by atoms with van der Waals surface area (Å²) in [6.07, 6.45) is 1.31. The molecule has 0 aromatic heterocycles. The molecule has 1 aliphatic rings. The van der Waals surface area contributed by atoms with Crippen LogP contribution >= 0.6 is 0 Å². The fourth-order valence-electron chi connectivity index (χ4n) is 2.41. The predicted molar refractivity (Wildman–Crippen MR) is 83.8 cm³/mol. The van der Waals surface area contributed by atoms with Gasteiger partial charge in [0, 0.05) is 25.2 Å². The number of para-hydroxylation sites is 1. The van der Waals surface area contributed by atoms with Gasteiger partial charge in [-0.1, -0.05) is 18.2 Å². The van der Waals surface area contributed by atoms with E-state index in [0.29, 0.717) is 6.54 Å². The Labute approximate surface area is 134 Å². The molecular formula is C15H20N4O4. The molecule has 0 unspecified atom stereocenters. The molecule has 0 saturated carbocycles. The number of hydrazine groups is 1. The SMILES string of the molecule is COC(=O)NNC(=O)NCCC(=O)N1CCCc2ccccc21. The van der Waals surface area contributed by atoms with E-state index in [1.54, 1.807) is 4.90 Å². The van der Waals surface area contributed by atoms with Crippen LogP contribution in [0.3, 0.4) is 0 Å². The molecule has 4 amide bonds. The molecule has 8 nitrogen and oxygen atoms in total. The number of hydrogen-bond acceptors (Lipinski definition) is 4. The van der Waals surface area contributed by atoms with Gasteiger partial charge >= 0.3 is 12.1 Å². The summed E-state index contributed by atoms with van der Waals surface area (Å²) in [4.78, 5) is 36.3.